The minimum absolute atomic E-state index is 0.0909. The molecule has 0 aromatic heterocycles. The molecule has 1 saturated carbocycles. The second-order valence-electron chi connectivity index (χ2n) is 3.67. The van der Waals surface area contributed by atoms with Crippen molar-refractivity contribution in [1.82, 2.24) is 0 Å². The van der Waals surface area contributed by atoms with Gasteiger partial charge in [-0.05, 0) is 25.3 Å². The summed E-state index contributed by atoms with van der Waals surface area (Å²) in [6.45, 7) is 2.09. The molecule has 0 saturated heterocycles. The smallest absolute Gasteiger partial charge is 0.0609 e. The predicted octanol–water partition coefficient (Wildman–Crippen LogP) is 2.23. The maximum Gasteiger partial charge on any atom is 0.0609 e. The van der Waals surface area contributed by atoms with E-state index in [-0.39, 0.29) is 6.10 Å². The van der Waals surface area contributed by atoms with Crippen LogP contribution in [0.3, 0.4) is 0 Å². The van der Waals surface area contributed by atoms with Gasteiger partial charge in [-0.2, -0.15) is 0 Å². The van der Waals surface area contributed by atoms with Gasteiger partial charge in [0.05, 0.1) is 6.10 Å². The molecule has 1 heteroatoms. The number of hydrogen-bond acceptors (Lipinski definition) is 1. The molecule has 1 aliphatic rings. The summed E-state index contributed by atoms with van der Waals surface area (Å²) in [5.41, 5.74) is 2.58. The number of aliphatic hydroxyl groups excluding tert-OH is 1. The summed E-state index contributed by atoms with van der Waals surface area (Å²) in [7, 11) is 0. The molecule has 1 nitrogen and oxygen atoms in total. The monoisotopic (exact) mass is 162 g/mol. The maximum absolute atomic E-state index is 9.45. The molecule has 12 heavy (non-hydrogen) atoms. The van der Waals surface area contributed by atoms with Crippen LogP contribution in [0.2, 0.25) is 0 Å². The fourth-order valence-electron chi connectivity index (χ4n) is 1.77. The average Bonchev–Trinajstić information content (AvgIpc) is 2.02. The summed E-state index contributed by atoms with van der Waals surface area (Å²) in [4.78, 5) is 0. The molecule has 64 valence electrons. The SMILES string of the molecule is Cc1cccc(C2CCC2O)c1. The summed E-state index contributed by atoms with van der Waals surface area (Å²) < 4.78 is 0. The summed E-state index contributed by atoms with van der Waals surface area (Å²) >= 11 is 0. The van der Waals surface area contributed by atoms with Crippen molar-refractivity contribution in [2.45, 2.75) is 31.8 Å². The highest BCUT2D eigenvalue weighted by atomic mass is 16.3. The van der Waals surface area contributed by atoms with Gasteiger partial charge in [0.1, 0.15) is 0 Å². The summed E-state index contributed by atoms with van der Waals surface area (Å²) in [6, 6.07) is 8.44. The Labute approximate surface area is 73.0 Å². The standard InChI is InChI=1S/C11H14O/c1-8-3-2-4-9(7-8)10-5-6-11(10)12/h2-4,7,10-12H,5-6H2,1H3. The highest BCUT2D eigenvalue weighted by Crippen LogP contribution is 2.36. The first-order valence-electron chi connectivity index (χ1n) is 4.52. The molecule has 2 rings (SSSR count). The van der Waals surface area contributed by atoms with Crippen molar-refractivity contribution in [2.75, 3.05) is 0 Å². The van der Waals surface area contributed by atoms with Crippen LogP contribution in [0.15, 0.2) is 24.3 Å². The molecule has 2 unspecified atom stereocenters. The zero-order valence-corrected chi connectivity index (χ0v) is 7.33. The quantitative estimate of drug-likeness (QED) is 0.671. The Morgan fingerprint density at radius 2 is 2.17 bits per heavy atom. The summed E-state index contributed by atoms with van der Waals surface area (Å²) in [5, 5.41) is 9.45. The van der Waals surface area contributed by atoms with Gasteiger partial charge in [0, 0.05) is 5.92 Å². The van der Waals surface area contributed by atoms with Gasteiger partial charge in [0.15, 0.2) is 0 Å². The average molecular weight is 162 g/mol. The molecule has 0 radical (unpaired) electrons. The van der Waals surface area contributed by atoms with Crippen molar-refractivity contribution in [2.24, 2.45) is 0 Å². The van der Waals surface area contributed by atoms with E-state index in [0.717, 1.165) is 12.8 Å². The summed E-state index contributed by atoms with van der Waals surface area (Å²) in [6.07, 6.45) is 2.02. The fourth-order valence-corrected chi connectivity index (χ4v) is 1.77. The predicted molar refractivity (Wildman–Crippen MR) is 49.2 cm³/mol. The van der Waals surface area contributed by atoms with Crippen molar-refractivity contribution in [3.05, 3.63) is 35.4 Å². The highest BCUT2D eigenvalue weighted by molar-refractivity contribution is 5.27. The van der Waals surface area contributed by atoms with Crippen LogP contribution in [-0.4, -0.2) is 11.2 Å². The zero-order valence-electron chi connectivity index (χ0n) is 7.33. The molecule has 0 spiro atoms. The molecule has 1 N–H and O–H groups in total. The van der Waals surface area contributed by atoms with Crippen LogP contribution >= 0.6 is 0 Å². The number of benzene rings is 1. The minimum Gasteiger partial charge on any atom is -0.392 e. The van der Waals surface area contributed by atoms with Crippen molar-refractivity contribution in [3.8, 4) is 0 Å². The Kier molecular flexibility index (Phi) is 1.89. The lowest BCUT2D eigenvalue weighted by atomic mass is 9.77. The number of rotatable bonds is 1. The first-order chi connectivity index (χ1) is 5.77. The van der Waals surface area contributed by atoms with Crippen LogP contribution in [0.4, 0.5) is 0 Å². The van der Waals surface area contributed by atoms with Crippen LogP contribution in [0.25, 0.3) is 0 Å². The van der Waals surface area contributed by atoms with E-state index in [1.54, 1.807) is 0 Å². The lowest BCUT2D eigenvalue weighted by Gasteiger charge is -2.32. The third-order valence-electron chi connectivity index (χ3n) is 2.71. The van der Waals surface area contributed by atoms with Gasteiger partial charge in [-0.3, -0.25) is 0 Å². The first kappa shape index (κ1) is 7.81. The Bertz CT molecular complexity index is 280. The van der Waals surface area contributed by atoms with Crippen molar-refractivity contribution in [1.29, 1.82) is 0 Å². The van der Waals surface area contributed by atoms with Crippen molar-refractivity contribution >= 4 is 0 Å². The fraction of sp³-hybridized carbons (Fsp3) is 0.455. The molecule has 2 atom stereocenters. The molecule has 1 fully saturated rings. The number of hydrogen-bond donors (Lipinski definition) is 1. The van der Waals surface area contributed by atoms with Gasteiger partial charge in [-0.25, -0.2) is 0 Å². The van der Waals surface area contributed by atoms with E-state index in [1.807, 2.05) is 0 Å². The Morgan fingerprint density at radius 3 is 2.67 bits per heavy atom. The Balaban J connectivity index is 2.22. The van der Waals surface area contributed by atoms with Gasteiger partial charge in [-0.15, -0.1) is 0 Å². The van der Waals surface area contributed by atoms with E-state index >= 15 is 0 Å². The second kappa shape index (κ2) is 2.91. The van der Waals surface area contributed by atoms with Crippen molar-refractivity contribution < 1.29 is 5.11 Å². The molecule has 0 aliphatic heterocycles. The Morgan fingerprint density at radius 1 is 1.33 bits per heavy atom. The molecule has 0 amide bonds. The van der Waals surface area contributed by atoms with Gasteiger partial charge >= 0.3 is 0 Å². The molecular weight excluding hydrogens is 148 g/mol. The van der Waals surface area contributed by atoms with E-state index in [4.69, 9.17) is 0 Å². The molecule has 1 aliphatic carbocycles. The van der Waals surface area contributed by atoms with Crippen LogP contribution < -0.4 is 0 Å². The topological polar surface area (TPSA) is 20.2 Å². The molecule has 0 bridgehead atoms. The normalized spacial score (nSPS) is 28.2. The minimum atomic E-state index is -0.0909. The van der Waals surface area contributed by atoms with E-state index in [1.165, 1.54) is 11.1 Å². The van der Waals surface area contributed by atoms with Crippen LogP contribution in [0.5, 0.6) is 0 Å². The number of aliphatic hydroxyl groups is 1. The van der Waals surface area contributed by atoms with Crippen LogP contribution in [0, 0.1) is 6.92 Å². The highest BCUT2D eigenvalue weighted by Gasteiger charge is 2.29. The first-order valence-corrected chi connectivity index (χ1v) is 4.52. The van der Waals surface area contributed by atoms with Gasteiger partial charge in [0.25, 0.3) is 0 Å². The van der Waals surface area contributed by atoms with E-state index < -0.39 is 0 Å². The molecule has 1 aromatic carbocycles. The van der Waals surface area contributed by atoms with Crippen LogP contribution in [-0.2, 0) is 0 Å². The maximum atomic E-state index is 9.45. The zero-order chi connectivity index (χ0) is 8.55. The molecule has 0 heterocycles. The Hall–Kier alpha value is -0.820. The summed E-state index contributed by atoms with van der Waals surface area (Å²) in [5.74, 6) is 0.407. The second-order valence-corrected chi connectivity index (χ2v) is 3.67. The van der Waals surface area contributed by atoms with Gasteiger partial charge in [-0.1, -0.05) is 29.8 Å². The van der Waals surface area contributed by atoms with Gasteiger partial charge < -0.3 is 5.11 Å². The van der Waals surface area contributed by atoms with E-state index in [2.05, 4.69) is 31.2 Å². The van der Waals surface area contributed by atoms with E-state index in [0.29, 0.717) is 5.92 Å². The van der Waals surface area contributed by atoms with E-state index in [9.17, 15) is 5.11 Å². The lowest BCUT2D eigenvalue weighted by molar-refractivity contribution is 0.0661. The lowest BCUT2D eigenvalue weighted by Crippen LogP contribution is -2.28. The number of aryl methyl sites for hydroxylation is 1. The molecule has 1 aromatic rings. The third-order valence-corrected chi connectivity index (χ3v) is 2.71. The van der Waals surface area contributed by atoms with Crippen molar-refractivity contribution in [3.63, 3.8) is 0 Å². The largest absolute Gasteiger partial charge is 0.392 e. The van der Waals surface area contributed by atoms with Crippen LogP contribution in [0.1, 0.15) is 29.9 Å². The molecular formula is C11H14O. The third kappa shape index (κ3) is 1.25. The van der Waals surface area contributed by atoms with Gasteiger partial charge in [0.2, 0.25) is 0 Å².